The largest absolute Gasteiger partial charge is 0.463 e. The molecule has 0 unspecified atom stereocenters. The van der Waals surface area contributed by atoms with Gasteiger partial charge >= 0.3 is 5.97 Å². The molecule has 0 bridgehead atoms. The van der Waals surface area contributed by atoms with Crippen molar-refractivity contribution in [1.82, 2.24) is 0 Å². The molecule has 6 heteroatoms. The normalized spacial score (nSPS) is 11.9. The maximum absolute atomic E-state index is 11.5. The van der Waals surface area contributed by atoms with Gasteiger partial charge in [-0.2, -0.15) is 0 Å². The third-order valence-electron chi connectivity index (χ3n) is 2.58. The van der Waals surface area contributed by atoms with Crippen LogP contribution < -0.4 is 0 Å². The molecule has 0 aliphatic heterocycles. The van der Waals surface area contributed by atoms with Crippen molar-refractivity contribution in [2.24, 2.45) is 5.41 Å². The van der Waals surface area contributed by atoms with Crippen LogP contribution >= 0.6 is 0 Å². The van der Waals surface area contributed by atoms with Crippen molar-refractivity contribution >= 4 is 5.97 Å². The Morgan fingerprint density at radius 2 is 1.78 bits per heavy atom. The van der Waals surface area contributed by atoms with E-state index in [1.54, 1.807) is 0 Å². The second-order valence-electron chi connectivity index (χ2n) is 4.58. The molecule has 0 aromatic carbocycles. The summed E-state index contributed by atoms with van der Waals surface area (Å²) in [5.41, 5.74) is -0.465. The second kappa shape index (κ2) is 9.27. The quantitative estimate of drug-likeness (QED) is 0.342. The lowest BCUT2D eigenvalue weighted by molar-refractivity contribution is -0.157. The fourth-order valence-corrected chi connectivity index (χ4v) is 0.899. The first-order chi connectivity index (χ1) is 8.40. The maximum Gasteiger partial charge on any atom is 0.311 e. The number of ether oxygens (including phenoxy) is 3. The topological polar surface area (TPSA) is 85.2 Å². The van der Waals surface area contributed by atoms with Gasteiger partial charge in [0.2, 0.25) is 0 Å². The van der Waals surface area contributed by atoms with Gasteiger partial charge in [-0.1, -0.05) is 6.92 Å². The minimum Gasteiger partial charge on any atom is -0.463 e. The van der Waals surface area contributed by atoms with Gasteiger partial charge in [-0.15, -0.1) is 0 Å². The average molecular weight is 264 g/mol. The number of aliphatic hydroxyl groups is 2. The third kappa shape index (κ3) is 8.41. The molecule has 108 valence electrons. The molecule has 18 heavy (non-hydrogen) atoms. The first-order valence-corrected chi connectivity index (χ1v) is 6.09. The van der Waals surface area contributed by atoms with E-state index in [-0.39, 0.29) is 39.0 Å². The zero-order valence-corrected chi connectivity index (χ0v) is 11.3. The van der Waals surface area contributed by atoms with Crippen LogP contribution in [0.1, 0.15) is 33.6 Å². The lowest BCUT2D eigenvalue weighted by Crippen LogP contribution is -2.27. The minimum absolute atomic E-state index is 0.0431. The van der Waals surface area contributed by atoms with Crippen molar-refractivity contribution in [2.45, 2.75) is 39.9 Å². The third-order valence-corrected chi connectivity index (χ3v) is 2.58. The Kier molecular flexibility index (Phi) is 8.91. The molecule has 0 spiro atoms. The summed E-state index contributed by atoms with van der Waals surface area (Å²) in [6.45, 7) is 6.30. The number of hydrogen-bond acceptors (Lipinski definition) is 6. The van der Waals surface area contributed by atoms with E-state index in [0.29, 0.717) is 0 Å². The van der Waals surface area contributed by atoms with Gasteiger partial charge in [0.15, 0.2) is 6.29 Å². The smallest absolute Gasteiger partial charge is 0.311 e. The lowest BCUT2D eigenvalue weighted by atomic mass is 9.91. The van der Waals surface area contributed by atoms with Crippen LogP contribution in [0, 0.1) is 5.41 Å². The maximum atomic E-state index is 11.5. The zero-order chi connectivity index (χ0) is 14.0. The van der Waals surface area contributed by atoms with Crippen LogP contribution in [-0.2, 0) is 19.0 Å². The molecule has 0 aliphatic rings. The highest BCUT2D eigenvalue weighted by atomic mass is 16.7. The Balaban J connectivity index is 3.38. The number of hydrogen-bond donors (Lipinski definition) is 2. The SMILES string of the molecule is CCC(C)(C)C(=O)OCCOCOCCC(O)O. The first-order valence-electron chi connectivity index (χ1n) is 6.09. The van der Waals surface area contributed by atoms with Crippen LogP contribution in [0.4, 0.5) is 0 Å². The average Bonchev–Trinajstić information content (AvgIpc) is 2.31. The van der Waals surface area contributed by atoms with Crippen LogP contribution in [0.3, 0.4) is 0 Å². The van der Waals surface area contributed by atoms with E-state index in [0.717, 1.165) is 6.42 Å². The first kappa shape index (κ1) is 17.3. The minimum atomic E-state index is -1.36. The van der Waals surface area contributed by atoms with Crippen LogP contribution in [0.2, 0.25) is 0 Å². The van der Waals surface area contributed by atoms with Crippen molar-refractivity contribution in [3.63, 3.8) is 0 Å². The second-order valence-corrected chi connectivity index (χ2v) is 4.58. The van der Waals surface area contributed by atoms with Crippen molar-refractivity contribution in [1.29, 1.82) is 0 Å². The van der Waals surface area contributed by atoms with Crippen LogP contribution in [0.15, 0.2) is 0 Å². The van der Waals surface area contributed by atoms with E-state index in [9.17, 15) is 4.79 Å². The predicted octanol–water partition coefficient (Wildman–Crippen LogP) is 0.657. The van der Waals surface area contributed by atoms with Gasteiger partial charge in [-0.25, -0.2) is 0 Å². The summed E-state index contributed by atoms with van der Waals surface area (Å²) in [6, 6.07) is 0. The van der Waals surface area contributed by atoms with Crippen molar-refractivity contribution < 1.29 is 29.2 Å². The molecule has 6 nitrogen and oxygen atoms in total. The summed E-state index contributed by atoms with van der Waals surface area (Å²) in [7, 11) is 0. The van der Waals surface area contributed by atoms with Gasteiger partial charge in [-0.3, -0.25) is 4.79 Å². The fraction of sp³-hybridized carbons (Fsp3) is 0.917. The highest BCUT2D eigenvalue weighted by Gasteiger charge is 2.26. The number of carbonyl (C=O) groups is 1. The highest BCUT2D eigenvalue weighted by Crippen LogP contribution is 2.21. The Morgan fingerprint density at radius 1 is 1.17 bits per heavy atom. The molecule has 0 aliphatic carbocycles. The summed E-state index contributed by atoms with van der Waals surface area (Å²) in [4.78, 5) is 11.5. The monoisotopic (exact) mass is 264 g/mol. The van der Waals surface area contributed by atoms with Gasteiger partial charge in [0.25, 0.3) is 0 Å². The van der Waals surface area contributed by atoms with Gasteiger partial charge in [0.05, 0.1) is 18.6 Å². The van der Waals surface area contributed by atoms with E-state index in [2.05, 4.69) is 0 Å². The van der Waals surface area contributed by atoms with E-state index < -0.39 is 11.7 Å². The van der Waals surface area contributed by atoms with E-state index in [4.69, 9.17) is 24.4 Å². The van der Waals surface area contributed by atoms with Crippen molar-refractivity contribution in [3.8, 4) is 0 Å². The van der Waals surface area contributed by atoms with Gasteiger partial charge < -0.3 is 24.4 Å². The van der Waals surface area contributed by atoms with Gasteiger partial charge in [0, 0.05) is 6.42 Å². The Bertz CT molecular complexity index is 227. The molecule has 0 atom stereocenters. The summed E-state index contributed by atoms with van der Waals surface area (Å²) < 4.78 is 15.0. The fourth-order valence-electron chi connectivity index (χ4n) is 0.899. The Labute approximate surface area is 108 Å². The van der Waals surface area contributed by atoms with Crippen LogP contribution in [0.5, 0.6) is 0 Å². The van der Waals surface area contributed by atoms with Crippen molar-refractivity contribution in [3.05, 3.63) is 0 Å². The molecule has 0 rings (SSSR count). The van der Waals surface area contributed by atoms with E-state index in [1.807, 2.05) is 20.8 Å². The molecule has 0 amide bonds. The highest BCUT2D eigenvalue weighted by molar-refractivity contribution is 5.75. The molecule has 0 aromatic heterocycles. The lowest BCUT2D eigenvalue weighted by Gasteiger charge is -2.20. The molecule has 0 heterocycles. The Hall–Kier alpha value is -0.690. The standard InChI is InChI=1S/C12H24O6/c1-4-12(2,3)11(15)18-8-7-17-9-16-6-5-10(13)14/h10,13-14H,4-9H2,1-3H3. The van der Waals surface area contributed by atoms with Crippen LogP contribution in [0.25, 0.3) is 0 Å². The number of esters is 1. The molecular weight excluding hydrogens is 240 g/mol. The molecule has 0 saturated carbocycles. The van der Waals surface area contributed by atoms with Crippen molar-refractivity contribution in [2.75, 3.05) is 26.6 Å². The predicted molar refractivity (Wildman–Crippen MR) is 64.6 cm³/mol. The van der Waals surface area contributed by atoms with E-state index >= 15 is 0 Å². The van der Waals surface area contributed by atoms with Gasteiger partial charge in [0.1, 0.15) is 13.4 Å². The molecule has 0 radical (unpaired) electrons. The zero-order valence-electron chi connectivity index (χ0n) is 11.3. The summed E-state index contributed by atoms with van der Waals surface area (Å²) in [5.74, 6) is -0.238. The van der Waals surface area contributed by atoms with Gasteiger partial charge in [-0.05, 0) is 20.3 Å². The summed E-state index contributed by atoms with van der Waals surface area (Å²) in [5, 5.41) is 17.1. The molecular formula is C12H24O6. The number of carbonyl (C=O) groups excluding carboxylic acids is 1. The number of aliphatic hydroxyl groups excluding tert-OH is 1. The Morgan fingerprint density at radius 3 is 2.33 bits per heavy atom. The van der Waals surface area contributed by atoms with Crippen LogP contribution in [-0.4, -0.2) is 49.1 Å². The molecule has 0 fully saturated rings. The summed E-state index contributed by atoms with van der Waals surface area (Å²) >= 11 is 0. The number of rotatable bonds is 10. The van der Waals surface area contributed by atoms with E-state index in [1.165, 1.54) is 0 Å². The molecule has 2 N–H and O–H groups in total. The molecule has 0 saturated heterocycles. The summed E-state index contributed by atoms with van der Waals surface area (Å²) in [6.07, 6.45) is -0.496. The molecule has 0 aromatic rings.